The standard InChI is InChI=1S/C24H28N2S.C11H8N.Ir/c1-15(2)25-14-26-19-12-16-17(24(5,6)11-10-23(16,3)4)13-21(19)27-20-9-7-8-18(25)22(20)26;1-2-6-10(7-3-1)11-8-4-5-9-12-11;/h7-9,13-15H,10-11H2,1-6H3;1-6,8-9H;/q-2;-1;+3. The van der Waals surface area contributed by atoms with E-state index in [1.165, 1.54) is 50.8 Å². The monoisotopic (exact) mass is 723 g/mol. The number of rotatable bonds is 2. The van der Waals surface area contributed by atoms with Crippen molar-refractivity contribution >= 4 is 28.8 Å². The van der Waals surface area contributed by atoms with Gasteiger partial charge in [0.2, 0.25) is 0 Å². The van der Waals surface area contributed by atoms with Crippen molar-refractivity contribution in [3.8, 4) is 11.3 Å². The largest absolute Gasteiger partial charge is 3.00 e. The molecular formula is C35H36IrN3S. The van der Waals surface area contributed by atoms with Crippen molar-refractivity contribution in [2.75, 3.05) is 9.80 Å². The molecule has 7 rings (SSSR count). The summed E-state index contributed by atoms with van der Waals surface area (Å²) in [5.74, 6) is 0. The van der Waals surface area contributed by atoms with E-state index in [4.69, 9.17) is 0 Å². The summed E-state index contributed by atoms with van der Waals surface area (Å²) in [5.41, 5.74) is 9.18. The molecule has 3 heterocycles. The number of hydrogen-bond donors (Lipinski definition) is 0. The van der Waals surface area contributed by atoms with Gasteiger partial charge < -0.3 is 14.8 Å². The Balaban J connectivity index is 0.000000209. The van der Waals surface area contributed by atoms with E-state index >= 15 is 0 Å². The molecule has 0 unspecified atom stereocenters. The van der Waals surface area contributed by atoms with E-state index in [-0.39, 0.29) is 30.9 Å². The van der Waals surface area contributed by atoms with Crippen LogP contribution in [0.2, 0.25) is 0 Å². The first-order valence-corrected chi connectivity index (χ1v) is 14.7. The second-order valence-corrected chi connectivity index (χ2v) is 13.3. The molecule has 0 bridgehead atoms. The molecule has 206 valence electrons. The molecule has 2 aliphatic heterocycles. The maximum Gasteiger partial charge on any atom is 3.00 e. The van der Waals surface area contributed by atoms with Crippen molar-refractivity contribution in [2.45, 2.75) is 81.0 Å². The second kappa shape index (κ2) is 11.0. The Labute approximate surface area is 257 Å². The third-order valence-electron chi connectivity index (χ3n) is 8.21. The van der Waals surface area contributed by atoms with Crippen LogP contribution in [0.1, 0.15) is 65.5 Å². The molecule has 0 spiro atoms. The summed E-state index contributed by atoms with van der Waals surface area (Å²) >= 11 is 1.91. The zero-order chi connectivity index (χ0) is 27.4. The Morgan fingerprint density at radius 1 is 0.925 bits per heavy atom. The quantitative estimate of drug-likeness (QED) is 0.192. The molecule has 0 N–H and O–H groups in total. The topological polar surface area (TPSA) is 19.4 Å². The predicted molar refractivity (Wildman–Crippen MR) is 164 cm³/mol. The predicted octanol–water partition coefficient (Wildman–Crippen LogP) is 9.33. The van der Waals surface area contributed by atoms with Crippen LogP contribution in [0.3, 0.4) is 0 Å². The number of aromatic nitrogens is 1. The summed E-state index contributed by atoms with van der Waals surface area (Å²) in [6.45, 7) is 16.3. The summed E-state index contributed by atoms with van der Waals surface area (Å²) < 4.78 is 0. The van der Waals surface area contributed by atoms with Crippen LogP contribution < -0.4 is 9.80 Å². The summed E-state index contributed by atoms with van der Waals surface area (Å²) in [5, 5.41) is 0. The van der Waals surface area contributed by atoms with Gasteiger partial charge in [-0.15, -0.1) is 41.5 Å². The fraction of sp³-hybridized carbons (Fsp3) is 0.314. The van der Waals surface area contributed by atoms with Crippen LogP contribution in [0.5, 0.6) is 0 Å². The van der Waals surface area contributed by atoms with Gasteiger partial charge in [0.25, 0.3) is 0 Å². The SMILES string of the molecule is CC(C)N1[CH-]N2c3[c-]c4c(cc3Sc3cccc1c32)C(C)(C)CCC4(C)C.[Ir+3].[c-]1ccccc1-c1ccccn1. The molecule has 40 heavy (non-hydrogen) atoms. The van der Waals surface area contributed by atoms with Gasteiger partial charge in [-0.05, 0) is 55.6 Å². The molecule has 3 aromatic carbocycles. The van der Waals surface area contributed by atoms with E-state index in [0.29, 0.717) is 6.04 Å². The van der Waals surface area contributed by atoms with Crippen LogP contribution in [0.15, 0.2) is 82.7 Å². The molecule has 0 radical (unpaired) electrons. The van der Waals surface area contributed by atoms with Crippen molar-refractivity contribution in [3.63, 3.8) is 0 Å². The summed E-state index contributed by atoms with van der Waals surface area (Å²) in [6.07, 6.45) is 4.25. The minimum atomic E-state index is 0. The van der Waals surface area contributed by atoms with E-state index in [0.717, 1.165) is 11.3 Å². The van der Waals surface area contributed by atoms with Crippen LogP contribution in [-0.2, 0) is 30.9 Å². The van der Waals surface area contributed by atoms with E-state index in [9.17, 15) is 0 Å². The number of anilines is 3. The van der Waals surface area contributed by atoms with E-state index in [1.54, 1.807) is 6.20 Å². The molecular weight excluding hydrogens is 687 g/mol. The Bertz CT molecular complexity index is 1460. The molecule has 0 amide bonds. The molecule has 3 nitrogen and oxygen atoms in total. The molecule has 3 aliphatic rings. The zero-order valence-corrected chi connectivity index (χ0v) is 27.3. The Kier molecular flexibility index (Phi) is 7.96. The number of nitrogens with zero attached hydrogens (tertiary/aromatic N) is 3. The van der Waals surface area contributed by atoms with Crippen molar-refractivity contribution in [3.05, 3.63) is 103 Å². The van der Waals surface area contributed by atoms with Gasteiger partial charge in [-0.1, -0.05) is 68.3 Å². The minimum Gasteiger partial charge on any atom is -0.499 e. The Morgan fingerprint density at radius 3 is 2.40 bits per heavy atom. The van der Waals surface area contributed by atoms with Crippen LogP contribution in [0.4, 0.5) is 17.1 Å². The first kappa shape index (κ1) is 28.9. The maximum absolute atomic E-state index is 4.22. The third-order valence-corrected chi connectivity index (χ3v) is 9.29. The molecule has 0 atom stereocenters. The zero-order valence-electron chi connectivity index (χ0n) is 24.1. The van der Waals surface area contributed by atoms with Gasteiger partial charge in [-0.25, -0.2) is 0 Å². The summed E-state index contributed by atoms with van der Waals surface area (Å²) in [6, 6.07) is 30.3. The average molecular weight is 723 g/mol. The number of pyridine rings is 1. The van der Waals surface area contributed by atoms with Gasteiger partial charge in [-0.3, -0.25) is 0 Å². The van der Waals surface area contributed by atoms with Crippen LogP contribution in [-0.4, -0.2) is 11.0 Å². The van der Waals surface area contributed by atoms with Crippen molar-refractivity contribution in [2.24, 2.45) is 0 Å². The first-order chi connectivity index (χ1) is 18.7. The summed E-state index contributed by atoms with van der Waals surface area (Å²) in [7, 11) is 0. The number of benzene rings is 3. The number of fused-ring (bicyclic) bond motifs is 3. The molecule has 0 fully saturated rings. The van der Waals surface area contributed by atoms with Gasteiger partial charge in [0, 0.05) is 22.5 Å². The molecule has 0 saturated carbocycles. The Hall–Kier alpha value is -2.59. The Morgan fingerprint density at radius 2 is 1.70 bits per heavy atom. The van der Waals surface area contributed by atoms with Gasteiger partial charge >= 0.3 is 20.1 Å². The van der Waals surface area contributed by atoms with Gasteiger partial charge in [0.05, 0.1) is 0 Å². The average Bonchev–Trinajstić information content (AvgIpc) is 3.34. The minimum absolute atomic E-state index is 0. The fourth-order valence-electron chi connectivity index (χ4n) is 5.79. The van der Waals surface area contributed by atoms with Crippen LogP contribution in [0.25, 0.3) is 11.3 Å². The molecule has 5 heteroatoms. The molecule has 1 aromatic heterocycles. The van der Waals surface area contributed by atoms with Crippen molar-refractivity contribution in [1.82, 2.24) is 4.98 Å². The van der Waals surface area contributed by atoms with Crippen molar-refractivity contribution < 1.29 is 20.1 Å². The smallest absolute Gasteiger partial charge is 0.499 e. The van der Waals surface area contributed by atoms with E-state index < -0.39 is 0 Å². The fourth-order valence-corrected chi connectivity index (χ4v) is 6.90. The third kappa shape index (κ3) is 5.13. The molecule has 0 saturated heterocycles. The molecule has 1 aliphatic carbocycles. The number of hydrogen-bond acceptors (Lipinski definition) is 4. The molecule has 4 aromatic rings. The van der Waals surface area contributed by atoms with Crippen LogP contribution >= 0.6 is 11.8 Å². The van der Waals surface area contributed by atoms with E-state index in [1.807, 2.05) is 54.2 Å². The van der Waals surface area contributed by atoms with Crippen LogP contribution in [0, 0.1) is 18.8 Å². The van der Waals surface area contributed by atoms with Gasteiger partial charge in [-0.2, -0.15) is 36.1 Å². The van der Waals surface area contributed by atoms with Gasteiger partial charge in [0.1, 0.15) is 0 Å². The normalized spacial score (nSPS) is 17.2. The van der Waals surface area contributed by atoms with Crippen molar-refractivity contribution in [1.29, 1.82) is 0 Å². The number of para-hydroxylation sites is 1. The maximum atomic E-state index is 4.22. The first-order valence-electron chi connectivity index (χ1n) is 13.9. The summed E-state index contributed by atoms with van der Waals surface area (Å²) in [4.78, 5) is 11.7. The second-order valence-electron chi connectivity index (χ2n) is 12.2. The van der Waals surface area contributed by atoms with E-state index in [2.05, 4.69) is 99.4 Å². The van der Waals surface area contributed by atoms with Gasteiger partial charge in [0.15, 0.2) is 0 Å².